The van der Waals surface area contributed by atoms with E-state index in [1.54, 1.807) is 12.7 Å². The highest BCUT2D eigenvalue weighted by Gasteiger charge is 2.16. The molecule has 1 aromatic heterocycles. The van der Waals surface area contributed by atoms with E-state index in [1.165, 1.54) is 27.8 Å². The molecular formula is C18H15N3. The Morgan fingerprint density at radius 2 is 1.76 bits per heavy atom. The first-order valence-corrected chi connectivity index (χ1v) is 7.06. The SMILES string of the molecule is CC1=Cc2c(cc(-n3cnnc3)cc2-c2ccccc2)C1. The van der Waals surface area contributed by atoms with Gasteiger partial charge in [0.15, 0.2) is 0 Å². The number of hydrogen-bond donors (Lipinski definition) is 0. The van der Waals surface area contributed by atoms with Crippen molar-refractivity contribution < 1.29 is 0 Å². The second-order valence-electron chi connectivity index (χ2n) is 5.47. The Bertz CT molecular complexity index is 815. The summed E-state index contributed by atoms with van der Waals surface area (Å²) >= 11 is 0. The lowest BCUT2D eigenvalue weighted by Gasteiger charge is -2.12. The van der Waals surface area contributed by atoms with Crippen LogP contribution in [0.25, 0.3) is 22.9 Å². The molecule has 0 saturated heterocycles. The van der Waals surface area contributed by atoms with Gasteiger partial charge in [-0.1, -0.05) is 42.0 Å². The van der Waals surface area contributed by atoms with Crippen LogP contribution in [0.15, 0.2) is 60.7 Å². The van der Waals surface area contributed by atoms with Crippen LogP contribution in [-0.4, -0.2) is 14.8 Å². The van der Waals surface area contributed by atoms with Gasteiger partial charge < -0.3 is 0 Å². The van der Waals surface area contributed by atoms with Gasteiger partial charge in [-0.3, -0.25) is 4.57 Å². The fourth-order valence-electron chi connectivity index (χ4n) is 2.95. The monoisotopic (exact) mass is 273 g/mol. The molecule has 0 spiro atoms. The molecule has 0 fully saturated rings. The van der Waals surface area contributed by atoms with Gasteiger partial charge in [-0.05, 0) is 47.7 Å². The molecule has 102 valence electrons. The molecule has 0 saturated carbocycles. The van der Waals surface area contributed by atoms with Gasteiger partial charge in [-0.2, -0.15) is 0 Å². The highest BCUT2D eigenvalue weighted by atomic mass is 15.2. The number of allylic oxidation sites excluding steroid dienone is 1. The highest BCUT2D eigenvalue weighted by Crippen LogP contribution is 2.35. The molecule has 21 heavy (non-hydrogen) atoms. The number of hydrogen-bond acceptors (Lipinski definition) is 2. The van der Waals surface area contributed by atoms with E-state index in [-0.39, 0.29) is 0 Å². The van der Waals surface area contributed by atoms with Gasteiger partial charge >= 0.3 is 0 Å². The van der Waals surface area contributed by atoms with Crippen LogP contribution < -0.4 is 0 Å². The largest absolute Gasteiger partial charge is 0.288 e. The minimum atomic E-state index is 1.02. The zero-order chi connectivity index (χ0) is 14.2. The molecule has 2 aromatic carbocycles. The third kappa shape index (κ3) is 2.07. The van der Waals surface area contributed by atoms with Crippen molar-refractivity contribution in [3.8, 4) is 16.8 Å². The topological polar surface area (TPSA) is 30.7 Å². The zero-order valence-corrected chi connectivity index (χ0v) is 11.8. The smallest absolute Gasteiger partial charge is 0.123 e. The molecule has 1 aliphatic rings. The number of aromatic nitrogens is 3. The summed E-state index contributed by atoms with van der Waals surface area (Å²) in [7, 11) is 0. The lowest BCUT2D eigenvalue weighted by molar-refractivity contribution is 1.05. The van der Waals surface area contributed by atoms with E-state index >= 15 is 0 Å². The number of rotatable bonds is 2. The standard InChI is InChI=1S/C18H15N3/c1-13-7-15-9-16(21-11-19-20-12-21)10-18(17(15)8-13)14-5-3-2-4-6-14/h2-6,8-12H,7H2,1H3. The molecule has 1 aliphatic carbocycles. The second-order valence-corrected chi connectivity index (χ2v) is 5.47. The first kappa shape index (κ1) is 12.1. The van der Waals surface area contributed by atoms with E-state index < -0.39 is 0 Å². The summed E-state index contributed by atoms with van der Waals surface area (Å²) in [5.74, 6) is 0. The Balaban J connectivity index is 1.96. The van der Waals surface area contributed by atoms with Crippen molar-refractivity contribution in [2.45, 2.75) is 13.3 Å². The van der Waals surface area contributed by atoms with Gasteiger partial charge in [-0.15, -0.1) is 10.2 Å². The quantitative estimate of drug-likeness (QED) is 0.709. The van der Waals surface area contributed by atoms with E-state index in [1.807, 2.05) is 4.57 Å². The maximum atomic E-state index is 3.91. The summed E-state index contributed by atoms with van der Waals surface area (Å²) in [4.78, 5) is 0. The normalized spacial score (nSPS) is 13.1. The molecule has 0 aliphatic heterocycles. The Hall–Kier alpha value is -2.68. The van der Waals surface area contributed by atoms with Crippen molar-refractivity contribution in [3.63, 3.8) is 0 Å². The van der Waals surface area contributed by atoms with Crippen molar-refractivity contribution in [2.75, 3.05) is 0 Å². The number of benzene rings is 2. The highest BCUT2D eigenvalue weighted by molar-refractivity contribution is 5.82. The molecule has 4 rings (SSSR count). The van der Waals surface area contributed by atoms with Crippen molar-refractivity contribution in [2.24, 2.45) is 0 Å². The summed E-state index contributed by atoms with van der Waals surface area (Å²) in [6.07, 6.45) is 6.80. The van der Waals surface area contributed by atoms with Crippen LogP contribution in [0.3, 0.4) is 0 Å². The van der Waals surface area contributed by atoms with Gasteiger partial charge in [0.2, 0.25) is 0 Å². The summed E-state index contributed by atoms with van der Waals surface area (Å²) in [6.45, 7) is 2.19. The summed E-state index contributed by atoms with van der Waals surface area (Å²) in [6, 6.07) is 15.0. The van der Waals surface area contributed by atoms with Crippen LogP contribution in [0.5, 0.6) is 0 Å². The number of fused-ring (bicyclic) bond motifs is 1. The molecule has 0 atom stereocenters. The van der Waals surface area contributed by atoms with Crippen molar-refractivity contribution in [3.05, 3.63) is 71.8 Å². The summed E-state index contributed by atoms with van der Waals surface area (Å²) in [5.41, 5.74) is 7.75. The Morgan fingerprint density at radius 1 is 1.00 bits per heavy atom. The van der Waals surface area contributed by atoms with Crippen molar-refractivity contribution >= 4 is 6.08 Å². The third-order valence-electron chi connectivity index (χ3n) is 3.91. The fourth-order valence-corrected chi connectivity index (χ4v) is 2.95. The molecular weight excluding hydrogens is 258 g/mol. The first-order chi connectivity index (χ1) is 10.3. The molecule has 0 radical (unpaired) electrons. The maximum Gasteiger partial charge on any atom is 0.123 e. The van der Waals surface area contributed by atoms with Crippen LogP contribution in [0.2, 0.25) is 0 Å². The lowest BCUT2D eigenvalue weighted by Crippen LogP contribution is -1.96. The van der Waals surface area contributed by atoms with Gasteiger partial charge in [0.1, 0.15) is 12.7 Å². The Morgan fingerprint density at radius 3 is 2.52 bits per heavy atom. The number of nitrogens with zero attached hydrogens (tertiary/aromatic N) is 3. The van der Waals surface area contributed by atoms with E-state index in [9.17, 15) is 0 Å². The van der Waals surface area contributed by atoms with Crippen LogP contribution in [0, 0.1) is 0 Å². The molecule has 0 amide bonds. The third-order valence-corrected chi connectivity index (χ3v) is 3.91. The minimum absolute atomic E-state index is 1.02. The lowest BCUT2D eigenvalue weighted by atomic mass is 9.96. The van der Waals surface area contributed by atoms with E-state index in [4.69, 9.17) is 0 Å². The predicted molar refractivity (Wildman–Crippen MR) is 84.2 cm³/mol. The fraction of sp³-hybridized carbons (Fsp3) is 0.111. The molecule has 0 unspecified atom stereocenters. The van der Waals surface area contributed by atoms with Crippen LogP contribution in [0.4, 0.5) is 0 Å². The predicted octanol–water partition coefficient (Wildman–Crippen LogP) is 3.89. The minimum Gasteiger partial charge on any atom is -0.288 e. The Kier molecular flexibility index (Phi) is 2.71. The van der Waals surface area contributed by atoms with Gasteiger partial charge in [0, 0.05) is 5.69 Å². The van der Waals surface area contributed by atoms with Crippen LogP contribution >= 0.6 is 0 Å². The molecule has 3 nitrogen and oxygen atoms in total. The molecule has 0 N–H and O–H groups in total. The Labute approximate surface area is 123 Å². The van der Waals surface area contributed by atoms with Gasteiger partial charge in [0.05, 0.1) is 0 Å². The van der Waals surface area contributed by atoms with E-state index in [2.05, 4.69) is 65.7 Å². The summed E-state index contributed by atoms with van der Waals surface area (Å²) < 4.78 is 1.96. The van der Waals surface area contributed by atoms with Crippen LogP contribution in [-0.2, 0) is 6.42 Å². The van der Waals surface area contributed by atoms with Crippen LogP contribution in [0.1, 0.15) is 18.1 Å². The molecule has 3 aromatic rings. The van der Waals surface area contributed by atoms with Gasteiger partial charge in [-0.25, -0.2) is 0 Å². The maximum absolute atomic E-state index is 3.91. The average molecular weight is 273 g/mol. The van der Waals surface area contributed by atoms with Gasteiger partial charge in [0.25, 0.3) is 0 Å². The van der Waals surface area contributed by atoms with E-state index in [0.717, 1.165) is 12.1 Å². The second kappa shape index (κ2) is 4.70. The molecule has 3 heteroatoms. The first-order valence-electron chi connectivity index (χ1n) is 7.06. The average Bonchev–Trinajstić information content (AvgIpc) is 3.15. The summed E-state index contributed by atoms with van der Waals surface area (Å²) in [5, 5.41) is 7.82. The molecule has 1 heterocycles. The zero-order valence-electron chi connectivity index (χ0n) is 11.8. The van der Waals surface area contributed by atoms with E-state index in [0.29, 0.717) is 0 Å². The van der Waals surface area contributed by atoms with Crippen molar-refractivity contribution in [1.29, 1.82) is 0 Å². The van der Waals surface area contributed by atoms with Crippen molar-refractivity contribution in [1.82, 2.24) is 14.8 Å². The molecule has 0 bridgehead atoms.